The molecule has 1 aliphatic rings. The van der Waals surface area contributed by atoms with Gasteiger partial charge in [0.15, 0.2) is 0 Å². The van der Waals surface area contributed by atoms with Gasteiger partial charge >= 0.3 is 12.1 Å². The molecule has 1 saturated heterocycles. The Morgan fingerprint density at radius 1 is 1.33 bits per heavy atom. The zero-order valence-electron chi connectivity index (χ0n) is 16.9. The lowest BCUT2D eigenvalue weighted by atomic mass is 10.1. The number of hydrogen-bond acceptors (Lipinski definition) is 6. The third-order valence-corrected chi connectivity index (χ3v) is 4.19. The second-order valence-corrected chi connectivity index (χ2v) is 8.14. The minimum atomic E-state index is -0.730. The van der Waals surface area contributed by atoms with E-state index >= 15 is 0 Å². The van der Waals surface area contributed by atoms with Gasteiger partial charge in [-0.05, 0) is 59.6 Å². The number of esters is 1. The lowest BCUT2D eigenvalue weighted by Crippen LogP contribution is -2.49. The predicted molar refractivity (Wildman–Crippen MR) is 99.8 cm³/mol. The van der Waals surface area contributed by atoms with Crippen molar-refractivity contribution < 1.29 is 23.8 Å². The molecular formula is C20H30N2O5. The summed E-state index contributed by atoms with van der Waals surface area (Å²) >= 11 is 0. The lowest BCUT2D eigenvalue weighted by Gasteiger charge is -2.35. The Labute approximate surface area is 161 Å². The molecule has 0 bridgehead atoms. The molecule has 0 N–H and O–H groups in total. The number of carbonyl (C=O) groups excluding carboxylic acids is 2. The molecule has 2 rings (SSSR count). The van der Waals surface area contributed by atoms with Gasteiger partial charge in [-0.3, -0.25) is 14.7 Å². The highest BCUT2D eigenvalue weighted by atomic mass is 16.6. The fourth-order valence-corrected chi connectivity index (χ4v) is 2.97. The summed E-state index contributed by atoms with van der Waals surface area (Å²) in [5.41, 5.74) is -0.588. The highest BCUT2D eigenvalue weighted by Gasteiger charge is 2.45. The smallest absolute Gasteiger partial charge is 0.412 e. The van der Waals surface area contributed by atoms with Gasteiger partial charge in [0.25, 0.3) is 0 Å². The molecule has 7 nitrogen and oxygen atoms in total. The first-order chi connectivity index (χ1) is 12.6. The van der Waals surface area contributed by atoms with Gasteiger partial charge < -0.3 is 14.2 Å². The Morgan fingerprint density at radius 3 is 2.70 bits per heavy atom. The molecule has 1 aromatic rings. The number of hydrogen-bond donors (Lipinski definition) is 0. The molecule has 0 unspecified atom stereocenters. The van der Waals surface area contributed by atoms with Crippen molar-refractivity contribution in [3.05, 3.63) is 30.1 Å². The third-order valence-electron chi connectivity index (χ3n) is 4.19. The highest BCUT2D eigenvalue weighted by Crippen LogP contribution is 2.31. The van der Waals surface area contributed by atoms with Crippen LogP contribution in [0.3, 0.4) is 0 Å². The van der Waals surface area contributed by atoms with Crippen LogP contribution in [0.15, 0.2) is 24.4 Å². The first-order valence-corrected chi connectivity index (χ1v) is 9.30. The van der Waals surface area contributed by atoms with Gasteiger partial charge in [0.05, 0.1) is 18.3 Å². The molecule has 1 aromatic heterocycles. The maximum Gasteiger partial charge on any atom is 0.412 e. The first-order valence-electron chi connectivity index (χ1n) is 9.30. The van der Waals surface area contributed by atoms with Crippen molar-refractivity contribution >= 4 is 12.1 Å². The Hall–Kier alpha value is -2.15. The maximum atomic E-state index is 12.6. The largest absolute Gasteiger partial charge is 0.459 e. The van der Waals surface area contributed by atoms with Crippen LogP contribution in [0.1, 0.15) is 59.6 Å². The van der Waals surface area contributed by atoms with E-state index in [1.54, 1.807) is 11.1 Å². The van der Waals surface area contributed by atoms with Crippen molar-refractivity contribution in [3.63, 3.8) is 0 Å². The van der Waals surface area contributed by atoms with Crippen molar-refractivity contribution in [1.82, 2.24) is 9.88 Å². The van der Waals surface area contributed by atoms with Crippen molar-refractivity contribution in [1.29, 1.82) is 0 Å². The van der Waals surface area contributed by atoms with Crippen molar-refractivity contribution in [2.24, 2.45) is 0 Å². The predicted octanol–water partition coefficient (Wildman–Crippen LogP) is 3.67. The summed E-state index contributed by atoms with van der Waals surface area (Å²) < 4.78 is 16.5. The molecule has 0 aliphatic carbocycles. The third kappa shape index (κ3) is 6.50. The molecule has 0 radical (unpaired) electrons. The van der Waals surface area contributed by atoms with Gasteiger partial charge in [-0.1, -0.05) is 6.07 Å². The zero-order valence-corrected chi connectivity index (χ0v) is 16.9. The van der Waals surface area contributed by atoms with Crippen LogP contribution in [-0.4, -0.2) is 45.9 Å². The summed E-state index contributed by atoms with van der Waals surface area (Å²) in [4.78, 5) is 30.3. The zero-order chi connectivity index (χ0) is 20.1. The van der Waals surface area contributed by atoms with Crippen LogP contribution in [0.2, 0.25) is 0 Å². The number of rotatable bonds is 6. The summed E-state index contributed by atoms with van der Waals surface area (Å²) in [5, 5.41) is 0. The average Bonchev–Trinajstić information content (AvgIpc) is 2.87. The SMILES string of the molecule is CC(C)(C)OC(=O)N1[C@@H](CCCC(=O)OCc2ccccn2)COC1(C)C. The van der Waals surface area contributed by atoms with E-state index in [1.165, 1.54) is 0 Å². The Bertz CT molecular complexity index is 640. The van der Waals surface area contributed by atoms with E-state index < -0.39 is 17.4 Å². The molecular weight excluding hydrogens is 348 g/mol. The molecule has 27 heavy (non-hydrogen) atoms. The van der Waals surface area contributed by atoms with Crippen LogP contribution in [0, 0.1) is 0 Å². The van der Waals surface area contributed by atoms with E-state index in [2.05, 4.69) is 4.98 Å². The molecule has 1 aliphatic heterocycles. The number of amides is 1. The Kier molecular flexibility index (Phi) is 6.81. The highest BCUT2D eigenvalue weighted by molar-refractivity contribution is 5.70. The Balaban J connectivity index is 1.81. The minimum Gasteiger partial charge on any atom is -0.459 e. The van der Waals surface area contributed by atoms with Gasteiger partial charge in [-0.15, -0.1) is 0 Å². The minimum absolute atomic E-state index is 0.126. The summed E-state index contributed by atoms with van der Waals surface area (Å²) in [6, 6.07) is 5.35. The molecule has 0 saturated carbocycles. The summed E-state index contributed by atoms with van der Waals surface area (Å²) in [6.07, 6.45) is 2.79. The van der Waals surface area contributed by atoms with E-state index in [0.29, 0.717) is 25.1 Å². The number of nitrogens with zero attached hydrogens (tertiary/aromatic N) is 2. The molecule has 1 amide bonds. The van der Waals surface area contributed by atoms with Crippen molar-refractivity contribution in [2.75, 3.05) is 6.61 Å². The Morgan fingerprint density at radius 2 is 2.07 bits per heavy atom. The molecule has 150 valence electrons. The van der Waals surface area contributed by atoms with Crippen molar-refractivity contribution in [2.45, 2.75) is 77.9 Å². The van der Waals surface area contributed by atoms with Crippen LogP contribution in [0.4, 0.5) is 4.79 Å². The maximum absolute atomic E-state index is 12.6. The van der Waals surface area contributed by atoms with Gasteiger partial charge in [-0.2, -0.15) is 0 Å². The number of pyridine rings is 1. The van der Waals surface area contributed by atoms with E-state index in [0.717, 1.165) is 0 Å². The number of carbonyl (C=O) groups is 2. The topological polar surface area (TPSA) is 78.0 Å². The van der Waals surface area contributed by atoms with E-state index in [9.17, 15) is 9.59 Å². The van der Waals surface area contributed by atoms with Crippen LogP contribution >= 0.6 is 0 Å². The quantitative estimate of drug-likeness (QED) is 0.703. The second kappa shape index (κ2) is 8.69. The second-order valence-electron chi connectivity index (χ2n) is 8.14. The molecule has 7 heteroatoms. The normalized spacial score (nSPS) is 19.0. The molecule has 0 spiro atoms. The van der Waals surface area contributed by atoms with Crippen LogP contribution < -0.4 is 0 Å². The van der Waals surface area contributed by atoms with E-state index in [4.69, 9.17) is 14.2 Å². The monoisotopic (exact) mass is 378 g/mol. The van der Waals surface area contributed by atoms with Gasteiger partial charge in [0.2, 0.25) is 0 Å². The summed E-state index contributed by atoms with van der Waals surface area (Å²) in [5.74, 6) is -0.275. The fraction of sp³-hybridized carbons (Fsp3) is 0.650. The summed E-state index contributed by atoms with van der Waals surface area (Å²) in [7, 11) is 0. The standard InChI is InChI=1S/C20H30N2O5/c1-19(2,3)27-18(24)22-16(14-26-20(22,4)5)10-8-11-17(23)25-13-15-9-6-7-12-21-15/h6-7,9,12,16H,8,10-11,13-14H2,1-5H3/t16-/m0/s1. The van der Waals surface area contributed by atoms with Crippen molar-refractivity contribution in [3.8, 4) is 0 Å². The molecule has 1 fully saturated rings. The average molecular weight is 378 g/mol. The first kappa shape index (κ1) is 21.2. The van der Waals surface area contributed by atoms with Crippen LogP contribution in [-0.2, 0) is 25.6 Å². The van der Waals surface area contributed by atoms with Crippen LogP contribution in [0.25, 0.3) is 0 Å². The van der Waals surface area contributed by atoms with E-state index in [-0.39, 0.29) is 25.0 Å². The molecule has 0 aromatic carbocycles. The summed E-state index contributed by atoms with van der Waals surface area (Å²) in [6.45, 7) is 9.79. The van der Waals surface area contributed by atoms with Gasteiger partial charge in [0.1, 0.15) is 17.9 Å². The van der Waals surface area contributed by atoms with Gasteiger partial charge in [-0.25, -0.2) is 4.79 Å². The lowest BCUT2D eigenvalue weighted by molar-refractivity contribution is -0.145. The van der Waals surface area contributed by atoms with E-state index in [1.807, 2.05) is 52.8 Å². The number of aromatic nitrogens is 1. The van der Waals surface area contributed by atoms with Crippen LogP contribution in [0.5, 0.6) is 0 Å². The molecule has 1 atom stereocenters. The number of ether oxygens (including phenoxy) is 3. The van der Waals surface area contributed by atoms with Gasteiger partial charge in [0, 0.05) is 12.6 Å². The fourth-order valence-electron chi connectivity index (χ4n) is 2.97. The molecule has 2 heterocycles.